The van der Waals surface area contributed by atoms with Gasteiger partial charge in [0.05, 0.1) is 23.7 Å². The van der Waals surface area contributed by atoms with Gasteiger partial charge in [0.15, 0.2) is 5.76 Å². The van der Waals surface area contributed by atoms with Crippen LogP contribution < -0.4 is 4.74 Å². The van der Waals surface area contributed by atoms with Crippen molar-refractivity contribution >= 4 is 30.2 Å². The standard InChI is InChI=1S/C26H29NO5.ClH/c1-4-31-26(30)19-8-10-27(11-9-19)15-20-21(28)13-17(3)23-24(29)22(32-25(20)23)14-18-7-5-6-16(2)12-18;/h5-7,12-14,19,28H,4,8-11,15H2,1-3H3;1H/b22-14-;. The fourth-order valence-electron chi connectivity index (χ4n) is 4.45. The highest BCUT2D eigenvalue weighted by molar-refractivity contribution is 6.15. The van der Waals surface area contributed by atoms with Gasteiger partial charge in [-0.2, -0.15) is 0 Å². The van der Waals surface area contributed by atoms with Gasteiger partial charge in [0.1, 0.15) is 11.5 Å². The summed E-state index contributed by atoms with van der Waals surface area (Å²) in [7, 11) is 0. The molecule has 1 fully saturated rings. The Morgan fingerprint density at radius 3 is 2.64 bits per heavy atom. The Bertz CT molecular complexity index is 1090. The maximum absolute atomic E-state index is 13.1. The number of nitrogens with zero attached hydrogens (tertiary/aromatic N) is 1. The van der Waals surface area contributed by atoms with E-state index in [-0.39, 0.29) is 41.6 Å². The molecular weight excluding hydrogens is 442 g/mol. The summed E-state index contributed by atoms with van der Waals surface area (Å²) >= 11 is 0. The predicted octanol–water partition coefficient (Wildman–Crippen LogP) is 4.82. The fourth-order valence-corrected chi connectivity index (χ4v) is 4.45. The number of carbonyl (C=O) groups is 2. The van der Waals surface area contributed by atoms with Crippen LogP contribution in [0, 0.1) is 19.8 Å². The van der Waals surface area contributed by atoms with Crippen molar-refractivity contribution in [2.24, 2.45) is 5.92 Å². The van der Waals surface area contributed by atoms with Crippen LogP contribution in [-0.2, 0) is 16.1 Å². The number of hydrogen-bond donors (Lipinski definition) is 1. The monoisotopic (exact) mass is 471 g/mol. The normalized spacial score (nSPS) is 17.4. The number of phenols is 1. The van der Waals surface area contributed by atoms with E-state index in [1.807, 2.05) is 45.0 Å². The first-order chi connectivity index (χ1) is 15.4. The van der Waals surface area contributed by atoms with E-state index in [0.29, 0.717) is 61.5 Å². The van der Waals surface area contributed by atoms with Gasteiger partial charge in [-0.3, -0.25) is 14.5 Å². The van der Waals surface area contributed by atoms with E-state index >= 15 is 0 Å². The Kier molecular flexibility index (Phi) is 7.82. The first kappa shape index (κ1) is 24.8. The third-order valence-corrected chi connectivity index (χ3v) is 6.15. The number of esters is 1. The van der Waals surface area contributed by atoms with Gasteiger partial charge >= 0.3 is 5.97 Å². The molecule has 6 nitrogen and oxygen atoms in total. The average molecular weight is 472 g/mol. The molecule has 2 heterocycles. The first-order valence-corrected chi connectivity index (χ1v) is 11.1. The fraction of sp³-hybridized carbons (Fsp3) is 0.385. The van der Waals surface area contributed by atoms with Crippen LogP contribution in [0.3, 0.4) is 0 Å². The number of piperidine rings is 1. The van der Waals surface area contributed by atoms with Crippen molar-refractivity contribution in [1.82, 2.24) is 4.90 Å². The molecule has 0 atom stereocenters. The molecule has 0 bridgehead atoms. The van der Waals surface area contributed by atoms with Crippen molar-refractivity contribution in [3.8, 4) is 11.5 Å². The summed E-state index contributed by atoms with van der Waals surface area (Å²) < 4.78 is 11.2. The molecule has 2 aromatic carbocycles. The largest absolute Gasteiger partial charge is 0.507 e. The number of halogens is 1. The lowest BCUT2D eigenvalue weighted by Gasteiger charge is -2.31. The Morgan fingerprint density at radius 1 is 1.24 bits per heavy atom. The molecule has 0 saturated carbocycles. The van der Waals surface area contributed by atoms with E-state index in [1.54, 1.807) is 12.1 Å². The number of fused-ring (bicyclic) bond motifs is 1. The number of aromatic hydroxyl groups is 1. The molecule has 1 N–H and O–H groups in total. The molecule has 176 valence electrons. The highest BCUT2D eigenvalue weighted by Gasteiger charge is 2.34. The summed E-state index contributed by atoms with van der Waals surface area (Å²) in [6.45, 7) is 7.90. The van der Waals surface area contributed by atoms with Gasteiger partial charge < -0.3 is 14.6 Å². The van der Waals surface area contributed by atoms with Gasteiger partial charge in [0.25, 0.3) is 0 Å². The van der Waals surface area contributed by atoms with Crippen molar-refractivity contribution in [3.63, 3.8) is 0 Å². The van der Waals surface area contributed by atoms with Crippen molar-refractivity contribution in [2.75, 3.05) is 19.7 Å². The van der Waals surface area contributed by atoms with E-state index in [1.165, 1.54) is 0 Å². The summed E-state index contributed by atoms with van der Waals surface area (Å²) in [4.78, 5) is 27.3. The minimum atomic E-state index is -0.165. The number of ether oxygens (including phenoxy) is 2. The van der Waals surface area contributed by atoms with Gasteiger partial charge in [-0.1, -0.05) is 29.8 Å². The lowest BCUT2D eigenvalue weighted by atomic mass is 9.95. The minimum absolute atomic E-state index is 0. The molecule has 1 saturated heterocycles. The van der Waals surface area contributed by atoms with E-state index in [2.05, 4.69) is 4.90 Å². The van der Waals surface area contributed by atoms with Crippen LogP contribution in [0.15, 0.2) is 36.1 Å². The second-order valence-corrected chi connectivity index (χ2v) is 8.55. The maximum Gasteiger partial charge on any atom is 0.309 e. The highest BCUT2D eigenvalue weighted by atomic mass is 35.5. The summed E-state index contributed by atoms with van der Waals surface area (Å²) in [5.41, 5.74) is 3.81. The molecule has 7 heteroatoms. The van der Waals surface area contributed by atoms with Gasteiger partial charge in [-0.05, 0) is 70.0 Å². The first-order valence-electron chi connectivity index (χ1n) is 11.1. The SMILES string of the molecule is CCOC(=O)C1CCN(Cc2c(O)cc(C)c3c2O/C(=C\c2cccc(C)c2)C3=O)CC1.Cl. The van der Waals surface area contributed by atoms with Crippen LogP contribution >= 0.6 is 12.4 Å². The Balaban J connectivity index is 0.00000306. The molecule has 0 radical (unpaired) electrons. The van der Waals surface area contributed by atoms with Crippen molar-refractivity contribution in [3.05, 3.63) is 63.9 Å². The summed E-state index contributed by atoms with van der Waals surface area (Å²) in [6.07, 6.45) is 3.18. The lowest BCUT2D eigenvalue weighted by Crippen LogP contribution is -2.36. The number of Topliss-reactive ketones (excluding diaryl/α,β-unsaturated/α-hetero) is 1. The van der Waals surface area contributed by atoms with Gasteiger partial charge in [0.2, 0.25) is 5.78 Å². The highest BCUT2D eigenvalue weighted by Crippen LogP contribution is 2.42. The number of ketones is 1. The zero-order valence-electron chi connectivity index (χ0n) is 19.2. The number of allylic oxidation sites excluding steroid dienone is 1. The number of carbonyl (C=O) groups excluding carboxylic acids is 2. The van der Waals surface area contributed by atoms with Crippen molar-refractivity contribution < 1.29 is 24.2 Å². The van der Waals surface area contributed by atoms with E-state index in [4.69, 9.17) is 9.47 Å². The Hall–Kier alpha value is -2.83. The third kappa shape index (κ3) is 5.23. The molecular formula is C26H30ClNO5. The smallest absolute Gasteiger partial charge is 0.309 e. The number of benzene rings is 2. The lowest BCUT2D eigenvalue weighted by molar-refractivity contribution is -0.149. The molecule has 0 amide bonds. The second kappa shape index (κ2) is 10.4. The molecule has 2 aliphatic rings. The van der Waals surface area contributed by atoms with Crippen LogP contribution in [0.5, 0.6) is 11.5 Å². The van der Waals surface area contributed by atoms with Crippen molar-refractivity contribution in [2.45, 2.75) is 40.2 Å². The Morgan fingerprint density at radius 2 is 1.97 bits per heavy atom. The van der Waals surface area contributed by atoms with Crippen LogP contribution in [0.2, 0.25) is 0 Å². The van der Waals surface area contributed by atoms with Crippen molar-refractivity contribution in [1.29, 1.82) is 0 Å². The number of hydrogen-bond acceptors (Lipinski definition) is 6. The van der Waals surface area contributed by atoms with E-state index in [9.17, 15) is 14.7 Å². The molecule has 2 aliphatic heterocycles. The number of rotatable bonds is 5. The summed E-state index contributed by atoms with van der Waals surface area (Å²) in [6, 6.07) is 9.50. The molecule has 0 unspecified atom stereocenters. The van der Waals surface area contributed by atoms with Crippen LogP contribution in [-0.4, -0.2) is 41.5 Å². The van der Waals surface area contributed by atoms with Gasteiger partial charge in [-0.25, -0.2) is 0 Å². The topological polar surface area (TPSA) is 76.1 Å². The zero-order chi connectivity index (χ0) is 22.8. The maximum atomic E-state index is 13.1. The Labute approximate surface area is 200 Å². The predicted molar refractivity (Wildman–Crippen MR) is 129 cm³/mol. The summed E-state index contributed by atoms with van der Waals surface area (Å²) in [5.74, 6) is 0.455. The van der Waals surface area contributed by atoms with E-state index < -0.39 is 0 Å². The minimum Gasteiger partial charge on any atom is -0.507 e. The molecule has 4 rings (SSSR count). The van der Waals surface area contributed by atoms with Crippen LogP contribution in [0.25, 0.3) is 6.08 Å². The third-order valence-electron chi connectivity index (χ3n) is 6.15. The average Bonchev–Trinajstić information content (AvgIpc) is 3.08. The molecule has 33 heavy (non-hydrogen) atoms. The molecule has 0 spiro atoms. The van der Waals surface area contributed by atoms with E-state index in [0.717, 1.165) is 11.1 Å². The summed E-state index contributed by atoms with van der Waals surface area (Å²) in [5, 5.41) is 10.7. The zero-order valence-corrected chi connectivity index (χ0v) is 20.0. The number of phenolic OH excluding ortho intramolecular Hbond substituents is 1. The quantitative estimate of drug-likeness (QED) is 0.497. The van der Waals surface area contributed by atoms with Crippen LogP contribution in [0.4, 0.5) is 0 Å². The van der Waals surface area contributed by atoms with Gasteiger partial charge in [-0.15, -0.1) is 12.4 Å². The molecule has 0 aliphatic carbocycles. The number of likely N-dealkylation sites (tertiary alicyclic amines) is 1. The van der Waals surface area contributed by atoms with Crippen LogP contribution in [0.1, 0.15) is 52.4 Å². The molecule has 2 aromatic rings. The number of aryl methyl sites for hydroxylation is 2. The second-order valence-electron chi connectivity index (χ2n) is 8.55. The molecule has 0 aromatic heterocycles. The van der Waals surface area contributed by atoms with Gasteiger partial charge in [0, 0.05) is 6.54 Å².